The average molecular weight is 500 g/mol. The lowest BCUT2D eigenvalue weighted by molar-refractivity contribution is -0.385. The first-order valence-corrected chi connectivity index (χ1v) is 11.9. The van der Waals surface area contributed by atoms with Gasteiger partial charge in [-0.1, -0.05) is 54.2 Å². The summed E-state index contributed by atoms with van der Waals surface area (Å²) >= 11 is 1.13. The SMILES string of the molecule is Cc1ccccc1-n1c(SCC(=O)N/N=C\C=C\c2ccccc2[N+](=O)[O-])nc2ccccc2c1=O. The molecule has 0 aliphatic rings. The van der Waals surface area contributed by atoms with Gasteiger partial charge >= 0.3 is 0 Å². The smallest absolute Gasteiger partial charge is 0.272 e. The maximum absolute atomic E-state index is 13.3. The Labute approximate surface area is 210 Å². The standard InChI is InChI=1S/C26H21N5O4S/c1-18-9-2-6-14-22(18)30-25(33)20-12-4-5-13-21(20)28-26(30)36-17-24(32)29-27-16-8-11-19-10-3-7-15-23(19)31(34)35/h2-16H,17H2,1H3,(H,29,32)/b11-8+,27-16-. The van der Waals surface area contributed by atoms with Gasteiger partial charge in [0, 0.05) is 12.3 Å². The van der Waals surface area contributed by atoms with Gasteiger partial charge in [0.05, 0.1) is 32.8 Å². The van der Waals surface area contributed by atoms with Crippen LogP contribution in [0.3, 0.4) is 0 Å². The van der Waals surface area contributed by atoms with E-state index in [2.05, 4.69) is 15.5 Å². The highest BCUT2D eigenvalue weighted by molar-refractivity contribution is 7.99. The van der Waals surface area contributed by atoms with Crippen LogP contribution in [0.4, 0.5) is 5.69 Å². The van der Waals surface area contributed by atoms with Crippen molar-refractivity contribution in [2.75, 3.05) is 5.75 Å². The molecular formula is C26H21N5O4S. The van der Waals surface area contributed by atoms with Crippen molar-refractivity contribution in [3.63, 3.8) is 0 Å². The number of nitrogens with zero attached hydrogens (tertiary/aromatic N) is 4. The molecule has 0 saturated heterocycles. The molecule has 4 rings (SSSR count). The Bertz CT molecular complexity index is 1560. The summed E-state index contributed by atoms with van der Waals surface area (Å²) in [4.78, 5) is 40.9. The Morgan fingerprint density at radius 2 is 1.83 bits per heavy atom. The maximum atomic E-state index is 13.3. The summed E-state index contributed by atoms with van der Waals surface area (Å²) in [6, 6.07) is 20.9. The minimum absolute atomic E-state index is 0.0230. The van der Waals surface area contributed by atoms with Gasteiger partial charge in [-0.25, -0.2) is 10.4 Å². The van der Waals surface area contributed by atoms with E-state index in [-0.39, 0.29) is 17.0 Å². The number of nitro groups is 1. The molecule has 1 heterocycles. The Morgan fingerprint density at radius 3 is 2.64 bits per heavy atom. The zero-order valence-corrected chi connectivity index (χ0v) is 20.0. The Kier molecular flexibility index (Phi) is 7.66. The van der Waals surface area contributed by atoms with Gasteiger partial charge in [-0.2, -0.15) is 5.10 Å². The number of aromatic nitrogens is 2. The van der Waals surface area contributed by atoms with E-state index in [0.29, 0.717) is 27.3 Å². The number of allylic oxidation sites excluding steroid dienone is 1. The van der Waals surface area contributed by atoms with Crippen LogP contribution in [0.5, 0.6) is 0 Å². The first-order chi connectivity index (χ1) is 17.5. The van der Waals surface area contributed by atoms with Gasteiger partial charge in [0.2, 0.25) is 0 Å². The number of thioether (sulfide) groups is 1. The van der Waals surface area contributed by atoms with E-state index in [1.807, 2.05) is 31.2 Å². The highest BCUT2D eigenvalue weighted by atomic mass is 32.2. The molecule has 1 aromatic heterocycles. The van der Waals surface area contributed by atoms with Crippen molar-refractivity contribution in [2.24, 2.45) is 5.10 Å². The molecule has 3 aromatic carbocycles. The molecule has 10 heteroatoms. The molecule has 4 aromatic rings. The Morgan fingerprint density at radius 1 is 1.11 bits per heavy atom. The minimum atomic E-state index is -0.465. The number of hydrogen-bond donors (Lipinski definition) is 1. The number of benzene rings is 3. The highest BCUT2D eigenvalue weighted by Gasteiger charge is 2.16. The summed E-state index contributed by atoms with van der Waals surface area (Å²) in [5.74, 6) is -0.420. The van der Waals surface area contributed by atoms with E-state index < -0.39 is 10.8 Å². The molecule has 1 N–H and O–H groups in total. The van der Waals surface area contributed by atoms with Crippen LogP contribution in [-0.2, 0) is 4.79 Å². The summed E-state index contributed by atoms with van der Waals surface area (Å²) in [5.41, 5.74) is 4.74. The molecule has 180 valence electrons. The second kappa shape index (κ2) is 11.2. The van der Waals surface area contributed by atoms with Crippen LogP contribution in [0.2, 0.25) is 0 Å². The molecule has 0 atom stereocenters. The molecule has 0 spiro atoms. The summed E-state index contributed by atoms with van der Waals surface area (Å²) in [6.45, 7) is 1.91. The molecule has 0 aliphatic heterocycles. The normalized spacial score (nSPS) is 11.4. The number of hydrogen-bond acceptors (Lipinski definition) is 7. The fourth-order valence-electron chi connectivity index (χ4n) is 3.49. The van der Waals surface area contributed by atoms with E-state index in [0.717, 1.165) is 17.3 Å². The van der Waals surface area contributed by atoms with Crippen LogP contribution in [0.1, 0.15) is 11.1 Å². The third-order valence-corrected chi connectivity index (χ3v) is 6.13. The molecule has 1 amide bonds. The van der Waals surface area contributed by atoms with Crippen molar-refractivity contribution in [2.45, 2.75) is 12.1 Å². The van der Waals surface area contributed by atoms with Crippen molar-refractivity contribution in [3.05, 3.63) is 110 Å². The number of nitro benzene ring substituents is 1. The lowest BCUT2D eigenvalue weighted by Crippen LogP contribution is -2.24. The largest absolute Gasteiger partial charge is 0.276 e. The van der Waals surface area contributed by atoms with E-state index in [9.17, 15) is 19.7 Å². The second-order valence-corrected chi connectivity index (χ2v) is 8.56. The molecule has 0 saturated carbocycles. The number of para-hydroxylation sites is 3. The van der Waals surface area contributed by atoms with Gasteiger partial charge in [0.25, 0.3) is 17.2 Å². The van der Waals surface area contributed by atoms with Crippen LogP contribution in [0, 0.1) is 17.0 Å². The average Bonchev–Trinajstić information content (AvgIpc) is 2.88. The fourth-order valence-corrected chi connectivity index (χ4v) is 4.29. The number of amides is 1. The summed E-state index contributed by atoms with van der Waals surface area (Å²) < 4.78 is 1.52. The predicted octanol–water partition coefficient (Wildman–Crippen LogP) is 4.51. The molecular weight excluding hydrogens is 478 g/mol. The Balaban J connectivity index is 1.48. The lowest BCUT2D eigenvalue weighted by Gasteiger charge is -2.14. The van der Waals surface area contributed by atoms with Crippen LogP contribution in [-0.4, -0.2) is 32.3 Å². The summed E-state index contributed by atoms with van der Waals surface area (Å²) in [5, 5.41) is 15.8. The topological polar surface area (TPSA) is 119 Å². The number of rotatable bonds is 8. The van der Waals surface area contributed by atoms with Gasteiger partial charge < -0.3 is 0 Å². The third-order valence-electron chi connectivity index (χ3n) is 5.19. The van der Waals surface area contributed by atoms with Crippen molar-refractivity contribution < 1.29 is 9.72 Å². The van der Waals surface area contributed by atoms with Gasteiger partial charge in [0.15, 0.2) is 5.16 Å². The molecule has 0 aliphatic carbocycles. The molecule has 36 heavy (non-hydrogen) atoms. The summed E-state index contributed by atoms with van der Waals surface area (Å²) in [7, 11) is 0. The number of fused-ring (bicyclic) bond motifs is 1. The Hall–Kier alpha value is -4.57. The van der Waals surface area contributed by atoms with Crippen LogP contribution in [0.25, 0.3) is 22.7 Å². The van der Waals surface area contributed by atoms with Crippen LogP contribution >= 0.6 is 11.8 Å². The first-order valence-electron chi connectivity index (χ1n) is 10.9. The van der Waals surface area contributed by atoms with E-state index in [4.69, 9.17) is 0 Å². The quantitative estimate of drug-likeness (QED) is 0.125. The van der Waals surface area contributed by atoms with Crippen molar-refractivity contribution >= 4 is 46.5 Å². The molecule has 0 fully saturated rings. The number of nitrogens with one attached hydrogen (secondary N) is 1. The van der Waals surface area contributed by atoms with Gasteiger partial charge in [-0.05, 0) is 48.9 Å². The zero-order chi connectivity index (χ0) is 25.5. The van der Waals surface area contributed by atoms with Crippen molar-refractivity contribution in [1.82, 2.24) is 15.0 Å². The summed E-state index contributed by atoms with van der Waals surface area (Å²) in [6.07, 6.45) is 4.36. The number of hydrazone groups is 1. The predicted molar refractivity (Wildman–Crippen MR) is 142 cm³/mol. The van der Waals surface area contributed by atoms with E-state index >= 15 is 0 Å². The fraction of sp³-hybridized carbons (Fsp3) is 0.0769. The van der Waals surface area contributed by atoms with Crippen molar-refractivity contribution in [1.29, 1.82) is 0 Å². The van der Waals surface area contributed by atoms with Gasteiger partial charge in [0.1, 0.15) is 0 Å². The highest BCUT2D eigenvalue weighted by Crippen LogP contribution is 2.23. The third kappa shape index (κ3) is 5.56. The minimum Gasteiger partial charge on any atom is -0.272 e. The van der Waals surface area contributed by atoms with Crippen LogP contribution in [0.15, 0.2) is 93.9 Å². The number of carbonyl (C=O) groups excluding carboxylic acids is 1. The monoisotopic (exact) mass is 499 g/mol. The van der Waals surface area contributed by atoms with Gasteiger partial charge in [-0.15, -0.1) is 0 Å². The first kappa shape index (κ1) is 24.6. The number of carbonyl (C=O) groups is 1. The molecule has 0 unspecified atom stereocenters. The molecule has 0 bridgehead atoms. The second-order valence-electron chi connectivity index (χ2n) is 7.62. The van der Waals surface area contributed by atoms with Crippen LogP contribution < -0.4 is 11.0 Å². The lowest BCUT2D eigenvalue weighted by atomic mass is 10.2. The number of aryl methyl sites for hydroxylation is 1. The zero-order valence-electron chi connectivity index (χ0n) is 19.2. The van der Waals surface area contributed by atoms with Crippen molar-refractivity contribution in [3.8, 4) is 5.69 Å². The molecule has 0 radical (unpaired) electrons. The van der Waals surface area contributed by atoms with E-state index in [1.54, 1.807) is 42.5 Å². The maximum Gasteiger partial charge on any atom is 0.276 e. The van der Waals surface area contributed by atoms with Gasteiger partial charge in [-0.3, -0.25) is 24.3 Å². The molecule has 9 nitrogen and oxygen atoms in total. The van der Waals surface area contributed by atoms with E-state index in [1.165, 1.54) is 29.0 Å².